The van der Waals surface area contributed by atoms with E-state index in [1.54, 1.807) is 0 Å². The summed E-state index contributed by atoms with van der Waals surface area (Å²) in [5, 5.41) is 4.47. The predicted octanol–water partition coefficient (Wildman–Crippen LogP) is 4.61. The molecule has 1 aromatic rings. The zero-order chi connectivity index (χ0) is 13.0. The molecule has 4 heteroatoms. The van der Waals surface area contributed by atoms with Gasteiger partial charge in [0.05, 0.1) is 0 Å². The molecule has 98 valence electrons. The Morgan fingerprint density at radius 2 is 1.94 bits per heavy atom. The molecule has 2 rings (SSSR count). The molecule has 1 aliphatic heterocycles. The lowest BCUT2D eigenvalue weighted by atomic mass is 9.84. The average Bonchev–Trinajstić information content (AvgIpc) is 2.43. The van der Waals surface area contributed by atoms with Gasteiger partial charge in [-0.1, -0.05) is 25.6 Å². The van der Waals surface area contributed by atoms with Gasteiger partial charge in [0, 0.05) is 21.6 Å². The van der Waals surface area contributed by atoms with Crippen molar-refractivity contribution in [3.05, 3.63) is 27.8 Å². The van der Waals surface area contributed by atoms with Crippen LogP contribution in [0.4, 0.5) is 5.69 Å². The fourth-order valence-corrected chi connectivity index (χ4v) is 3.61. The maximum absolute atomic E-state index is 4.71. The van der Waals surface area contributed by atoms with Crippen molar-refractivity contribution in [3.8, 4) is 0 Å². The second-order valence-corrected chi connectivity index (χ2v) is 6.96. The number of thioether (sulfide) groups is 1. The van der Waals surface area contributed by atoms with Gasteiger partial charge in [0.15, 0.2) is 5.17 Å². The van der Waals surface area contributed by atoms with Crippen molar-refractivity contribution in [2.45, 2.75) is 26.7 Å². The van der Waals surface area contributed by atoms with Crippen LogP contribution in [0.1, 0.15) is 26.7 Å². The smallest absolute Gasteiger partial charge is 0.161 e. The van der Waals surface area contributed by atoms with E-state index in [-0.39, 0.29) is 0 Å². The molecular weight excluding hydrogens is 355 g/mol. The van der Waals surface area contributed by atoms with E-state index in [0.29, 0.717) is 5.41 Å². The summed E-state index contributed by atoms with van der Waals surface area (Å²) < 4.78 is 1.26. The molecule has 1 N–H and O–H groups in total. The first-order chi connectivity index (χ1) is 8.67. The molecule has 0 unspecified atom stereocenters. The van der Waals surface area contributed by atoms with Crippen molar-refractivity contribution in [3.63, 3.8) is 0 Å². The van der Waals surface area contributed by atoms with Crippen LogP contribution in [0.25, 0.3) is 0 Å². The molecule has 0 fully saturated rings. The van der Waals surface area contributed by atoms with E-state index in [0.717, 1.165) is 17.4 Å². The summed E-state index contributed by atoms with van der Waals surface area (Å²) in [6, 6.07) is 8.43. The predicted molar refractivity (Wildman–Crippen MR) is 90.6 cm³/mol. The van der Waals surface area contributed by atoms with E-state index < -0.39 is 0 Å². The third-order valence-electron chi connectivity index (χ3n) is 3.67. The van der Waals surface area contributed by atoms with Gasteiger partial charge in [-0.25, -0.2) is 0 Å². The minimum Gasteiger partial charge on any atom is -0.335 e. The van der Waals surface area contributed by atoms with Gasteiger partial charge >= 0.3 is 0 Å². The number of rotatable bonds is 3. The van der Waals surface area contributed by atoms with Gasteiger partial charge in [0.2, 0.25) is 0 Å². The molecule has 0 amide bonds. The summed E-state index contributed by atoms with van der Waals surface area (Å²) >= 11 is 4.17. The summed E-state index contributed by atoms with van der Waals surface area (Å²) in [4.78, 5) is 4.71. The Labute approximate surface area is 127 Å². The first-order valence-corrected chi connectivity index (χ1v) is 8.44. The topological polar surface area (TPSA) is 24.4 Å². The summed E-state index contributed by atoms with van der Waals surface area (Å²) in [6.45, 7) is 5.51. The molecule has 1 aliphatic rings. The zero-order valence-electron chi connectivity index (χ0n) is 10.9. The number of nitrogens with zero attached hydrogens (tertiary/aromatic N) is 1. The molecule has 1 aromatic carbocycles. The van der Waals surface area contributed by atoms with Crippen LogP contribution < -0.4 is 5.32 Å². The van der Waals surface area contributed by atoms with Crippen molar-refractivity contribution in [2.24, 2.45) is 10.4 Å². The number of halogens is 1. The molecule has 18 heavy (non-hydrogen) atoms. The SMILES string of the molecule is CCC1(CC)CN=C(Nc2ccc(I)cc2)SC1. The van der Waals surface area contributed by atoms with Gasteiger partial charge in [-0.15, -0.1) is 0 Å². The van der Waals surface area contributed by atoms with Gasteiger partial charge < -0.3 is 5.32 Å². The van der Waals surface area contributed by atoms with Crippen molar-refractivity contribution in [1.82, 2.24) is 0 Å². The van der Waals surface area contributed by atoms with Gasteiger partial charge in [0.1, 0.15) is 0 Å². The monoisotopic (exact) mass is 374 g/mol. The van der Waals surface area contributed by atoms with Crippen LogP contribution in [-0.2, 0) is 0 Å². The van der Waals surface area contributed by atoms with Crippen LogP contribution in [-0.4, -0.2) is 17.5 Å². The Morgan fingerprint density at radius 1 is 1.28 bits per heavy atom. The summed E-state index contributed by atoms with van der Waals surface area (Å²) in [5.74, 6) is 1.18. The molecule has 2 nitrogen and oxygen atoms in total. The molecule has 0 aromatic heterocycles. The molecule has 1 heterocycles. The molecular formula is C14H19IN2S. The molecule has 0 atom stereocenters. The van der Waals surface area contributed by atoms with E-state index in [1.807, 2.05) is 11.8 Å². The van der Waals surface area contributed by atoms with Gasteiger partial charge in [-0.2, -0.15) is 0 Å². The molecule has 0 aliphatic carbocycles. The molecule has 0 bridgehead atoms. The molecule has 0 spiro atoms. The number of hydrogen-bond acceptors (Lipinski definition) is 3. The van der Waals surface area contributed by atoms with Gasteiger partial charge in [-0.3, -0.25) is 4.99 Å². The second kappa shape index (κ2) is 6.28. The summed E-state index contributed by atoms with van der Waals surface area (Å²) in [5.41, 5.74) is 1.55. The van der Waals surface area contributed by atoms with E-state index >= 15 is 0 Å². The van der Waals surface area contributed by atoms with Crippen LogP contribution in [0.5, 0.6) is 0 Å². The lowest BCUT2D eigenvalue weighted by Crippen LogP contribution is -2.32. The third kappa shape index (κ3) is 3.41. The van der Waals surface area contributed by atoms with E-state index in [4.69, 9.17) is 4.99 Å². The number of amidine groups is 1. The Hall–Kier alpha value is -0.230. The molecule has 0 radical (unpaired) electrons. The minimum atomic E-state index is 0.419. The number of nitrogens with one attached hydrogen (secondary N) is 1. The Bertz CT molecular complexity index is 424. The zero-order valence-corrected chi connectivity index (χ0v) is 13.8. The fourth-order valence-electron chi connectivity index (χ4n) is 1.96. The van der Waals surface area contributed by atoms with Crippen molar-refractivity contribution in [2.75, 3.05) is 17.6 Å². The standard InChI is InChI=1S/C14H19IN2S/c1-3-14(4-2)9-16-13(18-10-14)17-12-7-5-11(15)6-8-12/h5-8H,3-4,9-10H2,1-2H3,(H,16,17). The maximum Gasteiger partial charge on any atom is 0.161 e. The summed E-state index contributed by atoms with van der Waals surface area (Å²) in [6.07, 6.45) is 2.44. The quantitative estimate of drug-likeness (QED) is 0.782. The lowest BCUT2D eigenvalue weighted by molar-refractivity contribution is 0.318. The highest BCUT2D eigenvalue weighted by molar-refractivity contribution is 14.1. The number of hydrogen-bond donors (Lipinski definition) is 1. The second-order valence-electron chi connectivity index (χ2n) is 4.75. The Kier molecular flexibility index (Phi) is 4.95. The maximum atomic E-state index is 4.71. The Balaban J connectivity index is 2.00. The van der Waals surface area contributed by atoms with Crippen LogP contribution in [0, 0.1) is 8.99 Å². The van der Waals surface area contributed by atoms with Crippen LogP contribution >= 0.6 is 34.4 Å². The van der Waals surface area contributed by atoms with Gasteiger partial charge in [-0.05, 0) is 65.1 Å². The first kappa shape index (κ1) is 14.2. The fraction of sp³-hybridized carbons (Fsp3) is 0.500. The van der Waals surface area contributed by atoms with Crippen LogP contribution in [0.3, 0.4) is 0 Å². The third-order valence-corrected chi connectivity index (χ3v) is 5.65. The van der Waals surface area contributed by atoms with Crippen LogP contribution in [0.2, 0.25) is 0 Å². The van der Waals surface area contributed by atoms with Crippen molar-refractivity contribution >= 4 is 45.2 Å². The lowest BCUT2D eigenvalue weighted by Gasteiger charge is -2.33. The first-order valence-electron chi connectivity index (χ1n) is 6.37. The highest BCUT2D eigenvalue weighted by atomic mass is 127. The van der Waals surface area contributed by atoms with E-state index in [1.165, 1.54) is 22.2 Å². The van der Waals surface area contributed by atoms with Crippen LogP contribution in [0.15, 0.2) is 29.3 Å². The minimum absolute atomic E-state index is 0.419. The van der Waals surface area contributed by atoms with E-state index in [9.17, 15) is 0 Å². The number of anilines is 1. The largest absolute Gasteiger partial charge is 0.335 e. The molecule has 0 saturated carbocycles. The summed E-state index contributed by atoms with van der Waals surface area (Å²) in [7, 11) is 0. The highest BCUT2D eigenvalue weighted by Crippen LogP contribution is 2.35. The highest BCUT2D eigenvalue weighted by Gasteiger charge is 2.30. The van der Waals surface area contributed by atoms with Crippen molar-refractivity contribution < 1.29 is 0 Å². The van der Waals surface area contributed by atoms with E-state index in [2.05, 4.69) is 66.0 Å². The number of benzene rings is 1. The normalized spacial score (nSPS) is 18.3. The van der Waals surface area contributed by atoms with Gasteiger partial charge in [0.25, 0.3) is 0 Å². The Morgan fingerprint density at radius 3 is 2.44 bits per heavy atom. The molecule has 0 saturated heterocycles. The average molecular weight is 374 g/mol. The van der Waals surface area contributed by atoms with Crippen molar-refractivity contribution in [1.29, 1.82) is 0 Å². The number of aliphatic imine (C=N–C) groups is 1.